The van der Waals surface area contributed by atoms with Crippen LogP contribution in [-0.2, 0) is 6.54 Å². The molecule has 0 aliphatic carbocycles. The Balaban J connectivity index is 2.49. The number of hydrogen-bond donors (Lipinski definition) is 3. The molecule has 0 aliphatic rings. The van der Waals surface area contributed by atoms with Crippen LogP contribution < -0.4 is 11.1 Å². The second-order valence-corrected chi connectivity index (χ2v) is 3.13. The highest BCUT2D eigenvalue weighted by atomic mass is 16.3. The Hall–Kier alpha value is -1.06. The molecule has 1 rings (SSSR count). The molecular formula is C10H16N2O. The number of nitrogens with two attached hydrogens (primary N) is 1. The number of aliphatic hydroxyl groups is 1. The predicted molar refractivity (Wildman–Crippen MR) is 54.5 cm³/mol. The van der Waals surface area contributed by atoms with Gasteiger partial charge in [0.15, 0.2) is 0 Å². The summed E-state index contributed by atoms with van der Waals surface area (Å²) in [5.41, 5.74) is 7.59. The van der Waals surface area contributed by atoms with E-state index in [1.165, 1.54) is 0 Å². The highest BCUT2D eigenvalue weighted by Crippen LogP contribution is 2.08. The van der Waals surface area contributed by atoms with E-state index in [9.17, 15) is 0 Å². The van der Waals surface area contributed by atoms with Gasteiger partial charge in [-0.05, 0) is 24.6 Å². The largest absolute Gasteiger partial charge is 0.392 e. The van der Waals surface area contributed by atoms with Crippen LogP contribution in [-0.4, -0.2) is 17.8 Å². The summed E-state index contributed by atoms with van der Waals surface area (Å²) in [6.45, 7) is 2.89. The van der Waals surface area contributed by atoms with Crippen LogP contribution in [0.4, 0.5) is 5.69 Å². The lowest BCUT2D eigenvalue weighted by Gasteiger charge is -2.08. The smallest absolute Gasteiger partial charge is 0.0684 e. The molecule has 0 spiro atoms. The van der Waals surface area contributed by atoms with Crippen LogP contribution in [0.2, 0.25) is 0 Å². The van der Waals surface area contributed by atoms with Gasteiger partial charge >= 0.3 is 0 Å². The second kappa shape index (κ2) is 4.84. The van der Waals surface area contributed by atoms with Crippen molar-refractivity contribution in [1.82, 2.24) is 0 Å². The number of hydrogen-bond acceptors (Lipinski definition) is 3. The Labute approximate surface area is 78.6 Å². The van der Waals surface area contributed by atoms with Crippen molar-refractivity contribution in [3.63, 3.8) is 0 Å². The molecular weight excluding hydrogens is 164 g/mol. The van der Waals surface area contributed by atoms with Crippen LogP contribution in [0.5, 0.6) is 0 Å². The summed E-state index contributed by atoms with van der Waals surface area (Å²) in [4.78, 5) is 0. The van der Waals surface area contributed by atoms with E-state index in [2.05, 4.69) is 5.32 Å². The average molecular weight is 180 g/mol. The zero-order valence-corrected chi connectivity index (χ0v) is 7.83. The zero-order chi connectivity index (χ0) is 9.68. The Bertz CT molecular complexity index is 244. The normalized spacial score (nSPS) is 12.5. The molecule has 0 heterocycles. The van der Waals surface area contributed by atoms with Crippen LogP contribution in [0.1, 0.15) is 12.5 Å². The molecule has 0 amide bonds. The summed E-state index contributed by atoms with van der Waals surface area (Å²) < 4.78 is 0. The molecule has 0 radical (unpaired) electrons. The molecule has 0 saturated heterocycles. The van der Waals surface area contributed by atoms with Gasteiger partial charge in [-0.15, -0.1) is 0 Å². The monoisotopic (exact) mass is 180 g/mol. The molecule has 0 aromatic heterocycles. The third kappa shape index (κ3) is 3.44. The maximum Gasteiger partial charge on any atom is 0.0684 e. The SMILES string of the molecule is CC(O)CNc1ccc(CN)cc1. The molecule has 3 heteroatoms. The fraction of sp³-hybridized carbons (Fsp3) is 0.400. The van der Waals surface area contributed by atoms with Crippen molar-refractivity contribution in [3.8, 4) is 0 Å². The lowest BCUT2D eigenvalue weighted by Crippen LogP contribution is -2.15. The van der Waals surface area contributed by atoms with Crippen LogP contribution in [0.15, 0.2) is 24.3 Å². The molecule has 0 fully saturated rings. The predicted octanol–water partition coefficient (Wildman–Crippen LogP) is 0.938. The van der Waals surface area contributed by atoms with E-state index in [1.54, 1.807) is 6.92 Å². The van der Waals surface area contributed by atoms with Crippen molar-refractivity contribution >= 4 is 5.69 Å². The summed E-state index contributed by atoms with van der Waals surface area (Å²) in [5, 5.41) is 12.1. The Morgan fingerprint density at radius 1 is 1.38 bits per heavy atom. The third-order valence-corrected chi connectivity index (χ3v) is 1.79. The van der Waals surface area contributed by atoms with Crippen molar-refractivity contribution in [1.29, 1.82) is 0 Å². The zero-order valence-electron chi connectivity index (χ0n) is 7.83. The standard InChI is InChI=1S/C10H16N2O/c1-8(13)7-12-10-4-2-9(6-11)3-5-10/h2-5,8,12-13H,6-7,11H2,1H3. The van der Waals surface area contributed by atoms with Gasteiger partial charge in [-0.25, -0.2) is 0 Å². The summed E-state index contributed by atoms with van der Waals surface area (Å²) in [5.74, 6) is 0. The highest BCUT2D eigenvalue weighted by Gasteiger charge is 1.95. The van der Waals surface area contributed by atoms with Crippen molar-refractivity contribution in [2.24, 2.45) is 5.73 Å². The second-order valence-electron chi connectivity index (χ2n) is 3.13. The number of rotatable bonds is 4. The van der Waals surface area contributed by atoms with Crippen molar-refractivity contribution in [2.45, 2.75) is 19.6 Å². The van der Waals surface area contributed by atoms with Gasteiger partial charge in [0.05, 0.1) is 6.10 Å². The lowest BCUT2D eigenvalue weighted by atomic mass is 10.2. The highest BCUT2D eigenvalue weighted by molar-refractivity contribution is 5.44. The van der Waals surface area contributed by atoms with Crippen LogP contribution in [0.25, 0.3) is 0 Å². The molecule has 1 atom stereocenters. The van der Waals surface area contributed by atoms with E-state index in [-0.39, 0.29) is 6.10 Å². The summed E-state index contributed by atoms with van der Waals surface area (Å²) in [6.07, 6.45) is -0.325. The number of nitrogens with one attached hydrogen (secondary N) is 1. The molecule has 0 saturated carbocycles. The van der Waals surface area contributed by atoms with Gasteiger partial charge in [-0.3, -0.25) is 0 Å². The van der Waals surface area contributed by atoms with E-state index >= 15 is 0 Å². The molecule has 1 unspecified atom stereocenters. The third-order valence-electron chi connectivity index (χ3n) is 1.79. The van der Waals surface area contributed by atoms with Crippen molar-refractivity contribution in [3.05, 3.63) is 29.8 Å². The first-order chi connectivity index (χ1) is 6.22. The fourth-order valence-electron chi connectivity index (χ4n) is 1.02. The Kier molecular flexibility index (Phi) is 3.73. The maximum atomic E-state index is 9.03. The van der Waals surface area contributed by atoms with Gasteiger partial charge in [-0.2, -0.15) is 0 Å². The van der Waals surface area contributed by atoms with E-state index in [0.29, 0.717) is 13.1 Å². The van der Waals surface area contributed by atoms with Crippen LogP contribution >= 0.6 is 0 Å². The number of aliphatic hydroxyl groups excluding tert-OH is 1. The van der Waals surface area contributed by atoms with E-state index in [0.717, 1.165) is 11.3 Å². The summed E-state index contributed by atoms with van der Waals surface area (Å²) in [7, 11) is 0. The molecule has 1 aromatic carbocycles. The molecule has 4 N–H and O–H groups in total. The molecule has 1 aromatic rings. The topological polar surface area (TPSA) is 58.3 Å². The van der Waals surface area contributed by atoms with Gasteiger partial charge in [0.1, 0.15) is 0 Å². The average Bonchev–Trinajstić information content (AvgIpc) is 2.15. The van der Waals surface area contributed by atoms with Gasteiger partial charge in [0, 0.05) is 18.8 Å². The fourth-order valence-corrected chi connectivity index (χ4v) is 1.02. The first-order valence-electron chi connectivity index (χ1n) is 4.43. The quantitative estimate of drug-likeness (QED) is 0.646. The van der Waals surface area contributed by atoms with E-state index in [1.807, 2.05) is 24.3 Å². The van der Waals surface area contributed by atoms with E-state index < -0.39 is 0 Å². The van der Waals surface area contributed by atoms with Gasteiger partial charge in [0.2, 0.25) is 0 Å². The Morgan fingerprint density at radius 2 is 2.00 bits per heavy atom. The minimum absolute atomic E-state index is 0.325. The molecule has 0 bridgehead atoms. The summed E-state index contributed by atoms with van der Waals surface area (Å²) in [6, 6.07) is 7.88. The first-order valence-corrected chi connectivity index (χ1v) is 4.43. The van der Waals surface area contributed by atoms with E-state index in [4.69, 9.17) is 10.8 Å². The van der Waals surface area contributed by atoms with Gasteiger partial charge in [-0.1, -0.05) is 12.1 Å². The molecule has 0 aliphatic heterocycles. The summed E-state index contributed by atoms with van der Waals surface area (Å²) >= 11 is 0. The minimum atomic E-state index is -0.325. The molecule has 72 valence electrons. The lowest BCUT2D eigenvalue weighted by molar-refractivity contribution is 0.208. The van der Waals surface area contributed by atoms with Gasteiger partial charge in [0.25, 0.3) is 0 Å². The van der Waals surface area contributed by atoms with Crippen LogP contribution in [0.3, 0.4) is 0 Å². The number of anilines is 1. The van der Waals surface area contributed by atoms with Crippen LogP contribution in [0, 0.1) is 0 Å². The maximum absolute atomic E-state index is 9.03. The van der Waals surface area contributed by atoms with Gasteiger partial charge < -0.3 is 16.2 Å². The minimum Gasteiger partial charge on any atom is -0.392 e. The molecule has 13 heavy (non-hydrogen) atoms. The number of benzene rings is 1. The Morgan fingerprint density at radius 3 is 2.46 bits per heavy atom. The molecule has 3 nitrogen and oxygen atoms in total. The first kappa shape index (κ1) is 10.0. The van der Waals surface area contributed by atoms with Crippen molar-refractivity contribution in [2.75, 3.05) is 11.9 Å². The van der Waals surface area contributed by atoms with Crippen molar-refractivity contribution < 1.29 is 5.11 Å².